The molecule has 5 aromatic carbocycles. The number of pyridine rings is 1. The summed E-state index contributed by atoms with van der Waals surface area (Å²) in [6, 6.07) is 46.5. The first-order valence-electron chi connectivity index (χ1n) is 21.8. The maximum Gasteiger partial charge on any atom is 0.277 e. The van der Waals surface area contributed by atoms with E-state index in [-0.39, 0.29) is 23.9 Å². The molecule has 0 atom stereocenters. The average molecular weight is 984 g/mol. The number of fused-ring (bicyclic) bond motifs is 1. The van der Waals surface area contributed by atoms with Crippen molar-refractivity contribution in [3.63, 3.8) is 0 Å². The lowest BCUT2D eigenvalue weighted by Crippen LogP contribution is -2.29. The molecule has 0 aliphatic carbocycles. The molecule has 12 nitrogen and oxygen atoms in total. The van der Waals surface area contributed by atoms with Gasteiger partial charge in [-0.05, 0) is 89.8 Å². The van der Waals surface area contributed by atoms with E-state index in [4.69, 9.17) is 39.5 Å². The van der Waals surface area contributed by atoms with Crippen LogP contribution in [-0.2, 0) is 19.3 Å². The quantitative estimate of drug-likeness (QED) is 0.114. The molecule has 1 aliphatic rings. The van der Waals surface area contributed by atoms with Crippen LogP contribution in [0.25, 0.3) is 33.8 Å². The molecule has 0 bridgehead atoms. The van der Waals surface area contributed by atoms with Crippen molar-refractivity contribution in [2.24, 2.45) is 0 Å². The van der Waals surface area contributed by atoms with Gasteiger partial charge < -0.3 is 9.64 Å². The van der Waals surface area contributed by atoms with Gasteiger partial charge in [-0.2, -0.15) is 0 Å². The number of benzene rings is 5. The zero-order chi connectivity index (χ0) is 48.8. The molecule has 5 heterocycles. The van der Waals surface area contributed by atoms with Crippen molar-refractivity contribution in [3.8, 4) is 39.5 Å². The molecule has 0 spiro atoms. The Morgan fingerprint density at radius 2 is 1.00 bits per heavy atom. The summed E-state index contributed by atoms with van der Waals surface area (Å²) in [6.07, 6.45) is 8.83. The molecule has 70 heavy (non-hydrogen) atoms. The number of hydrogen-bond acceptors (Lipinski definition) is 11. The molecule has 4 aromatic heterocycles. The van der Waals surface area contributed by atoms with Gasteiger partial charge in [-0.25, -0.2) is 29.9 Å². The molecule has 0 N–H and O–H groups in total. The molecule has 0 unspecified atom stereocenters. The zero-order valence-electron chi connectivity index (χ0n) is 37.5. The minimum Gasteiger partial charge on any atom is -0.495 e. The third-order valence-electron chi connectivity index (χ3n) is 10.9. The Morgan fingerprint density at radius 3 is 1.53 bits per heavy atom. The first kappa shape index (κ1) is 48.4. The normalized spacial score (nSPS) is 11.3. The molecule has 0 saturated carbocycles. The molecule has 10 rings (SSSR count). The van der Waals surface area contributed by atoms with E-state index in [1.54, 1.807) is 72.9 Å². The predicted octanol–water partition coefficient (Wildman–Crippen LogP) is 11.8. The number of para-hydroxylation sites is 1. The van der Waals surface area contributed by atoms with Gasteiger partial charge in [-0.1, -0.05) is 120 Å². The fourth-order valence-electron chi connectivity index (χ4n) is 7.42. The van der Waals surface area contributed by atoms with E-state index in [1.165, 1.54) is 24.5 Å². The van der Waals surface area contributed by atoms with Crippen LogP contribution in [0.4, 0.5) is 5.69 Å². The third kappa shape index (κ3) is 12.7. The molecule has 1 amide bonds. The summed E-state index contributed by atoms with van der Waals surface area (Å²) < 4.78 is 5.12. The van der Waals surface area contributed by atoms with Crippen molar-refractivity contribution < 1.29 is 19.1 Å². The van der Waals surface area contributed by atoms with Gasteiger partial charge in [-0.3, -0.25) is 19.4 Å². The molecule has 0 radical (unpaired) electrons. The Bertz CT molecular complexity index is 3310. The van der Waals surface area contributed by atoms with Gasteiger partial charge >= 0.3 is 0 Å². The largest absolute Gasteiger partial charge is 0.495 e. The Balaban J connectivity index is 0.000000141. The van der Waals surface area contributed by atoms with Crippen LogP contribution >= 0.6 is 34.8 Å². The van der Waals surface area contributed by atoms with Crippen molar-refractivity contribution in [1.82, 2.24) is 34.9 Å². The molecule has 346 valence electrons. The van der Waals surface area contributed by atoms with Crippen molar-refractivity contribution in [2.75, 3.05) is 18.6 Å². The summed E-state index contributed by atoms with van der Waals surface area (Å²) in [4.78, 5) is 68.6. The summed E-state index contributed by atoms with van der Waals surface area (Å²) >= 11 is 18.0. The van der Waals surface area contributed by atoms with Crippen LogP contribution in [-0.4, -0.2) is 66.0 Å². The number of carbonyl (C=O) groups is 3. The van der Waals surface area contributed by atoms with Crippen LogP contribution in [0.5, 0.6) is 5.75 Å². The first-order chi connectivity index (χ1) is 34.1. The monoisotopic (exact) mass is 982 g/mol. The predicted molar refractivity (Wildman–Crippen MR) is 273 cm³/mol. The number of aromatic nitrogens is 7. The highest BCUT2D eigenvalue weighted by Gasteiger charge is 2.26. The summed E-state index contributed by atoms with van der Waals surface area (Å²) in [5.74, 6) is 0.362. The highest BCUT2D eigenvalue weighted by molar-refractivity contribution is 6.31. The molecule has 0 fully saturated rings. The molecular formula is C55H41Cl3N8O4. The summed E-state index contributed by atoms with van der Waals surface area (Å²) in [7, 11) is 1.56. The maximum atomic E-state index is 12.9. The van der Waals surface area contributed by atoms with Crippen molar-refractivity contribution in [2.45, 2.75) is 19.3 Å². The first-order valence-corrected chi connectivity index (χ1v) is 23.0. The van der Waals surface area contributed by atoms with Crippen molar-refractivity contribution >= 4 is 58.0 Å². The fraction of sp³-hybridized carbons (Fsp3) is 0.0909. The van der Waals surface area contributed by atoms with E-state index in [9.17, 15) is 14.4 Å². The second-order valence-electron chi connectivity index (χ2n) is 15.7. The highest BCUT2D eigenvalue weighted by Crippen LogP contribution is 2.30. The number of methoxy groups -OCH3 is 1. The Hall–Kier alpha value is -8.03. The van der Waals surface area contributed by atoms with E-state index in [0.29, 0.717) is 67.9 Å². The SMILES string of the molecule is COc1cncc(CC(=O)c2cc(-c3cccc(Cl)c3)ncn2)c1.O=C(Cc1ccccc1)c1cc(-c2cccc(Cl)c2)ncn1.O=C(c1cc(-c2cccc(Cl)c2)ncn1)N1CCc2ccccc21. The fourth-order valence-corrected chi connectivity index (χ4v) is 7.99. The van der Waals surface area contributed by atoms with Gasteiger partial charge in [0.05, 0.1) is 30.4 Å². The van der Waals surface area contributed by atoms with E-state index in [0.717, 1.165) is 39.9 Å². The van der Waals surface area contributed by atoms with E-state index in [2.05, 4.69) is 41.0 Å². The number of anilines is 1. The van der Waals surface area contributed by atoms with Gasteiger partial charge in [0, 0.05) is 63.0 Å². The Labute approximate surface area is 419 Å². The maximum absolute atomic E-state index is 12.9. The number of carbonyl (C=O) groups excluding carboxylic acids is 3. The zero-order valence-corrected chi connectivity index (χ0v) is 39.8. The van der Waals surface area contributed by atoms with Gasteiger partial charge in [0.15, 0.2) is 11.6 Å². The van der Waals surface area contributed by atoms with E-state index < -0.39 is 0 Å². The highest BCUT2D eigenvalue weighted by atomic mass is 35.5. The summed E-state index contributed by atoms with van der Waals surface area (Å²) in [5, 5.41) is 1.88. The van der Waals surface area contributed by atoms with Crippen molar-refractivity contribution in [1.29, 1.82) is 0 Å². The summed E-state index contributed by atoms with van der Waals surface area (Å²) in [6.45, 7) is 0.675. The number of ether oxygens (including phenoxy) is 1. The smallest absolute Gasteiger partial charge is 0.277 e. The number of Topliss-reactive ketones (excluding diaryl/α,β-unsaturated/α-hetero) is 2. The molecular weight excluding hydrogens is 943 g/mol. The lowest BCUT2D eigenvalue weighted by Gasteiger charge is -2.17. The number of halogens is 3. The summed E-state index contributed by atoms with van der Waals surface area (Å²) in [5.41, 5.74) is 9.62. The average Bonchev–Trinajstić information content (AvgIpc) is 3.84. The lowest BCUT2D eigenvalue weighted by atomic mass is 10.1. The van der Waals surface area contributed by atoms with Crippen LogP contribution < -0.4 is 9.64 Å². The Kier molecular flexibility index (Phi) is 16.1. The minimum atomic E-state index is -0.115. The number of rotatable bonds is 11. The van der Waals surface area contributed by atoms with Gasteiger partial charge in [-0.15, -0.1) is 0 Å². The number of ketones is 2. The second kappa shape index (κ2) is 23.3. The van der Waals surface area contributed by atoms with Crippen LogP contribution in [0.15, 0.2) is 183 Å². The van der Waals surface area contributed by atoms with Crippen LogP contribution in [0, 0.1) is 0 Å². The van der Waals surface area contributed by atoms with Crippen molar-refractivity contribution in [3.05, 3.63) is 232 Å². The third-order valence-corrected chi connectivity index (χ3v) is 11.6. The van der Waals surface area contributed by atoms with Gasteiger partial charge in [0.1, 0.15) is 41.8 Å². The van der Waals surface area contributed by atoms with Crippen LogP contribution in [0.2, 0.25) is 15.1 Å². The molecule has 0 saturated heterocycles. The van der Waals surface area contributed by atoms with Crippen LogP contribution in [0.1, 0.15) is 48.2 Å². The molecule has 1 aliphatic heterocycles. The minimum absolute atomic E-state index is 0.0307. The second-order valence-corrected chi connectivity index (χ2v) is 17.0. The Morgan fingerprint density at radius 1 is 0.514 bits per heavy atom. The topological polar surface area (TPSA) is 154 Å². The lowest BCUT2D eigenvalue weighted by molar-refractivity contribution is 0.0977. The van der Waals surface area contributed by atoms with E-state index in [1.807, 2.05) is 97.1 Å². The number of amides is 1. The molecule has 15 heteroatoms. The van der Waals surface area contributed by atoms with Crippen LogP contribution in [0.3, 0.4) is 0 Å². The number of nitrogens with zero attached hydrogens (tertiary/aromatic N) is 8. The van der Waals surface area contributed by atoms with E-state index >= 15 is 0 Å². The van der Waals surface area contributed by atoms with Gasteiger partial charge in [0.25, 0.3) is 5.91 Å². The number of hydrogen-bond donors (Lipinski definition) is 0. The molecule has 9 aromatic rings. The standard InChI is InChI=1S/C19H14ClN3O.C18H14ClN3O2.C18H13ClN2O/c20-15-6-3-5-14(10-15)16-11-17(22-12-21-16)19(24)23-9-8-13-4-1-2-7-18(13)23;1-24-15-5-12(9-20-10-15)6-18(23)17-8-16(21-11-22-17)13-3-2-4-14(19)7-13;19-15-8-4-7-14(10-15)16-11-17(21-12-20-16)18(22)9-13-5-2-1-3-6-13/h1-7,10-12H,8-9H2;2-5,7-11H,6H2,1H3;1-8,10-12H,9H2. The van der Waals surface area contributed by atoms with Gasteiger partial charge in [0.2, 0.25) is 0 Å².